The second-order valence-electron chi connectivity index (χ2n) is 6.46. The number of benzene rings is 1. The van der Waals surface area contributed by atoms with Gasteiger partial charge in [-0.15, -0.1) is 11.3 Å². The third-order valence-electron chi connectivity index (χ3n) is 4.16. The molecule has 3 aromatic rings. The van der Waals surface area contributed by atoms with Crippen molar-refractivity contribution in [2.45, 2.75) is 20.4 Å². The van der Waals surface area contributed by atoms with Crippen LogP contribution in [-0.2, 0) is 16.1 Å². The molecular weight excluding hydrogens is 374 g/mol. The van der Waals surface area contributed by atoms with E-state index in [1.807, 2.05) is 49.4 Å². The summed E-state index contributed by atoms with van der Waals surface area (Å²) in [6.07, 6.45) is 1.67. The van der Waals surface area contributed by atoms with Crippen molar-refractivity contribution in [2.24, 2.45) is 0 Å². The van der Waals surface area contributed by atoms with Crippen LogP contribution in [0, 0.1) is 13.8 Å². The number of carbonyl (C=O) groups is 2. The topological polar surface area (TPSA) is 72.4 Å². The predicted octanol–water partition coefficient (Wildman–Crippen LogP) is 3.64. The maximum atomic E-state index is 12.4. The Hall–Kier alpha value is -3.06. The minimum atomic E-state index is -0.547. The number of aromatic nitrogens is 2. The molecule has 2 heterocycles. The Morgan fingerprint density at radius 3 is 2.54 bits per heavy atom. The molecule has 0 saturated heterocycles. The Morgan fingerprint density at radius 1 is 1.11 bits per heavy atom. The van der Waals surface area contributed by atoms with Gasteiger partial charge in [0.25, 0.3) is 5.91 Å². The lowest BCUT2D eigenvalue weighted by Gasteiger charge is -2.17. The molecule has 0 radical (unpaired) electrons. The number of esters is 1. The number of likely N-dealkylation sites (N-methyl/N-ethyl adjacent to an activating group) is 1. The number of pyridine rings is 1. The van der Waals surface area contributed by atoms with E-state index in [4.69, 9.17) is 4.74 Å². The molecule has 28 heavy (non-hydrogen) atoms. The highest BCUT2D eigenvalue weighted by molar-refractivity contribution is 7.17. The Labute approximate surface area is 167 Å². The number of carbonyl (C=O) groups excluding carboxylic acids is 2. The van der Waals surface area contributed by atoms with E-state index in [0.29, 0.717) is 27.8 Å². The molecule has 2 aromatic heterocycles. The molecule has 0 aliphatic rings. The molecule has 0 N–H and O–H groups in total. The van der Waals surface area contributed by atoms with Gasteiger partial charge >= 0.3 is 5.97 Å². The quantitative estimate of drug-likeness (QED) is 0.596. The standard InChI is InChI=1S/C21H21N3O3S/c1-14-7-9-16(10-8-14)12-24(3)18(25)13-27-21(26)19-15(2)23-20(28-19)17-6-4-5-11-22-17/h4-11H,12-13H2,1-3H3. The summed E-state index contributed by atoms with van der Waals surface area (Å²) in [5.74, 6) is -0.810. The van der Waals surface area contributed by atoms with E-state index < -0.39 is 5.97 Å². The molecule has 3 rings (SSSR count). The SMILES string of the molecule is Cc1ccc(CN(C)C(=O)COC(=O)c2sc(-c3ccccn3)nc2C)cc1. The molecule has 0 fully saturated rings. The number of amides is 1. The first-order valence-corrected chi connectivity index (χ1v) is 9.61. The Morgan fingerprint density at radius 2 is 1.86 bits per heavy atom. The summed E-state index contributed by atoms with van der Waals surface area (Å²) in [5, 5.41) is 0.646. The van der Waals surface area contributed by atoms with E-state index in [1.165, 1.54) is 16.2 Å². The minimum Gasteiger partial charge on any atom is -0.451 e. The summed E-state index contributed by atoms with van der Waals surface area (Å²) in [5.41, 5.74) is 3.45. The maximum Gasteiger partial charge on any atom is 0.350 e. The van der Waals surface area contributed by atoms with Gasteiger partial charge in [-0.1, -0.05) is 35.9 Å². The number of hydrogen-bond acceptors (Lipinski definition) is 6. The van der Waals surface area contributed by atoms with Gasteiger partial charge in [0.1, 0.15) is 9.88 Å². The summed E-state index contributed by atoms with van der Waals surface area (Å²) in [6, 6.07) is 13.5. The molecule has 6 nitrogen and oxygen atoms in total. The third-order valence-corrected chi connectivity index (χ3v) is 5.32. The third kappa shape index (κ3) is 4.80. The van der Waals surface area contributed by atoms with E-state index in [1.54, 1.807) is 20.2 Å². The van der Waals surface area contributed by atoms with Crippen LogP contribution in [0.5, 0.6) is 0 Å². The summed E-state index contributed by atoms with van der Waals surface area (Å²) in [4.78, 5) is 35.2. The van der Waals surface area contributed by atoms with Crippen molar-refractivity contribution >= 4 is 23.2 Å². The molecule has 0 atom stereocenters. The van der Waals surface area contributed by atoms with Gasteiger partial charge in [0.2, 0.25) is 0 Å². The van der Waals surface area contributed by atoms with Crippen molar-refractivity contribution in [3.05, 3.63) is 70.4 Å². The second kappa shape index (κ2) is 8.75. The zero-order chi connectivity index (χ0) is 20.1. The van der Waals surface area contributed by atoms with Crippen molar-refractivity contribution in [3.8, 4) is 10.7 Å². The van der Waals surface area contributed by atoms with Gasteiger partial charge in [0.15, 0.2) is 6.61 Å². The average Bonchev–Trinajstić information content (AvgIpc) is 3.10. The maximum absolute atomic E-state index is 12.4. The number of nitrogens with zero attached hydrogens (tertiary/aromatic N) is 3. The van der Waals surface area contributed by atoms with Crippen LogP contribution >= 0.6 is 11.3 Å². The molecular formula is C21H21N3O3S. The van der Waals surface area contributed by atoms with Crippen LogP contribution < -0.4 is 0 Å². The Balaban J connectivity index is 1.58. The lowest BCUT2D eigenvalue weighted by Crippen LogP contribution is -2.30. The minimum absolute atomic E-state index is 0.263. The molecule has 0 saturated carbocycles. The van der Waals surface area contributed by atoms with Crippen molar-refractivity contribution in [2.75, 3.05) is 13.7 Å². The molecule has 0 aliphatic carbocycles. The van der Waals surface area contributed by atoms with Crippen LogP contribution in [0.25, 0.3) is 10.7 Å². The van der Waals surface area contributed by atoms with Crippen LogP contribution in [-0.4, -0.2) is 40.4 Å². The lowest BCUT2D eigenvalue weighted by molar-refractivity contribution is -0.133. The fourth-order valence-electron chi connectivity index (χ4n) is 2.54. The molecule has 0 aliphatic heterocycles. The second-order valence-corrected chi connectivity index (χ2v) is 7.46. The molecule has 1 aromatic carbocycles. The van der Waals surface area contributed by atoms with E-state index in [0.717, 1.165) is 11.1 Å². The normalized spacial score (nSPS) is 10.5. The van der Waals surface area contributed by atoms with Crippen molar-refractivity contribution in [1.29, 1.82) is 0 Å². The monoisotopic (exact) mass is 395 g/mol. The zero-order valence-corrected chi connectivity index (χ0v) is 16.8. The number of thiazole rings is 1. The summed E-state index contributed by atoms with van der Waals surface area (Å²) in [6.45, 7) is 3.90. The van der Waals surface area contributed by atoms with Gasteiger partial charge < -0.3 is 9.64 Å². The number of hydrogen-bond donors (Lipinski definition) is 0. The Kier molecular flexibility index (Phi) is 6.16. The van der Waals surface area contributed by atoms with Crippen molar-refractivity contribution < 1.29 is 14.3 Å². The first kappa shape index (κ1) is 19.7. The molecule has 144 valence electrons. The average molecular weight is 395 g/mol. The van der Waals surface area contributed by atoms with E-state index in [2.05, 4.69) is 9.97 Å². The van der Waals surface area contributed by atoms with Crippen LogP contribution in [0.2, 0.25) is 0 Å². The molecule has 0 unspecified atom stereocenters. The van der Waals surface area contributed by atoms with Gasteiger partial charge in [0, 0.05) is 19.8 Å². The van der Waals surface area contributed by atoms with Crippen LogP contribution in [0.15, 0.2) is 48.7 Å². The Bertz CT molecular complexity index is 968. The van der Waals surface area contributed by atoms with Gasteiger partial charge in [-0.3, -0.25) is 9.78 Å². The smallest absolute Gasteiger partial charge is 0.350 e. The summed E-state index contributed by atoms with van der Waals surface area (Å²) < 4.78 is 5.22. The summed E-state index contributed by atoms with van der Waals surface area (Å²) >= 11 is 1.21. The first-order chi connectivity index (χ1) is 13.4. The predicted molar refractivity (Wildman–Crippen MR) is 108 cm³/mol. The van der Waals surface area contributed by atoms with Crippen LogP contribution in [0.4, 0.5) is 0 Å². The number of ether oxygens (including phenoxy) is 1. The van der Waals surface area contributed by atoms with Crippen molar-refractivity contribution in [1.82, 2.24) is 14.9 Å². The lowest BCUT2D eigenvalue weighted by atomic mass is 10.1. The van der Waals surface area contributed by atoms with Crippen LogP contribution in [0.1, 0.15) is 26.5 Å². The summed E-state index contributed by atoms with van der Waals surface area (Å²) in [7, 11) is 1.69. The highest BCUT2D eigenvalue weighted by Gasteiger charge is 2.20. The highest BCUT2D eigenvalue weighted by Crippen LogP contribution is 2.26. The first-order valence-electron chi connectivity index (χ1n) is 8.79. The number of aryl methyl sites for hydroxylation is 2. The molecule has 0 spiro atoms. The van der Waals surface area contributed by atoms with Gasteiger partial charge in [-0.25, -0.2) is 9.78 Å². The number of rotatable bonds is 6. The van der Waals surface area contributed by atoms with E-state index >= 15 is 0 Å². The van der Waals surface area contributed by atoms with Gasteiger partial charge in [0.05, 0.1) is 11.4 Å². The molecule has 7 heteroatoms. The van der Waals surface area contributed by atoms with Gasteiger partial charge in [-0.05, 0) is 31.5 Å². The fraction of sp³-hybridized carbons (Fsp3) is 0.238. The molecule has 0 bridgehead atoms. The fourth-order valence-corrected chi connectivity index (χ4v) is 3.48. The van der Waals surface area contributed by atoms with Crippen molar-refractivity contribution in [3.63, 3.8) is 0 Å². The zero-order valence-electron chi connectivity index (χ0n) is 16.0. The highest BCUT2D eigenvalue weighted by atomic mass is 32.1. The van der Waals surface area contributed by atoms with E-state index in [9.17, 15) is 9.59 Å². The van der Waals surface area contributed by atoms with E-state index in [-0.39, 0.29) is 12.5 Å². The van der Waals surface area contributed by atoms with Crippen LogP contribution in [0.3, 0.4) is 0 Å². The van der Waals surface area contributed by atoms with Gasteiger partial charge in [-0.2, -0.15) is 0 Å². The largest absolute Gasteiger partial charge is 0.451 e. The molecule has 1 amide bonds.